The number of hydrogen-bond donors (Lipinski definition) is 3. The Labute approximate surface area is 99.3 Å². The van der Waals surface area contributed by atoms with Gasteiger partial charge in [-0.3, -0.25) is 4.79 Å². The zero-order valence-corrected chi connectivity index (χ0v) is 10.2. The molecule has 0 fully saturated rings. The van der Waals surface area contributed by atoms with Gasteiger partial charge in [-0.05, 0) is 6.92 Å². The summed E-state index contributed by atoms with van der Waals surface area (Å²) in [6.45, 7) is 1.42. The van der Waals surface area contributed by atoms with Gasteiger partial charge in [0.2, 0.25) is 0 Å². The Bertz CT molecular complexity index is 654. The van der Waals surface area contributed by atoms with Gasteiger partial charge in [0, 0.05) is 5.69 Å². The van der Waals surface area contributed by atoms with Crippen LogP contribution in [-0.4, -0.2) is 34.0 Å². The first-order valence-corrected chi connectivity index (χ1v) is 6.71. The summed E-state index contributed by atoms with van der Waals surface area (Å²) in [5.74, 6) is 0.217. The number of hydrogen-bond acceptors (Lipinski definition) is 7. The number of aryl methyl sites for hydroxylation is 1. The second-order valence-electron chi connectivity index (χ2n) is 3.08. The van der Waals surface area contributed by atoms with E-state index in [4.69, 9.17) is 0 Å². The van der Waals surface area contributed by atoms with Crippen molar-refractivity contribution in [3.63, 3.8) is 0 Å². The van der Waals surface area contributed by atoms with Crippen LogP contribution in [0.15, 0.2) is 9.00 Å². The lowest BCUT2D eigenvalue weighted by atomic mass is 10.6. The summed E-state index contributed by atoms with van der Waals surface area (Å²) in [4.78, 5) is 13.0. The quantitative estimate of drug-likeness (QED) is 0.638. The molecule has 0 aliphatic rings. The highest BCUT2D eigenvalue weighted by Gasteiger charge is 2.20. The van der Waals surface area contributed by atoms with Gasteiger partial charge in [0.15, 0.2) is 10.0 Å². The average molecular weight is 276 g/mol. The zero-order valence-electron chi connectivity index (χ0n) is 8.59. The van der Waals surface area contributed by atoms with Gasteiger partial charge < -0.3 is 4.98 Å². The molecule has 0 spiro atoms. The molecule has 2 heterocycles. The lowest BCUT2D eigenvalue weighted by molar-refractivity contribution is 0.580. The molecule has 0 bridgehead atoms. The Balaban J connectivity index is 2.20. The number of thiazole rings is 1. The first-order valence-electron chi connectivity index (χ1n) is 4.41. The maximum absolute atomic E-state index is 11.8. The van der Waals surface area contributed by atoms with Crippen molar-refractivity contribution in [2.24, 2.45) is 0 Å². The minimum Gasteiger partial charge on any atom is -0.315 e. The first-order chi connectivity index (χ1) is 7.99. The second kappa shape index (κ2) is 4.35. The summed E-state index contributed by atoms with van der Waals surface area (Å²) in [5, 5.41) is 12.7. The highest BCUT2D eigenvalue weighted by molar-refractivity contribution is 7.91. The molecule has 92 valence electrons. The number of sulfonamides is 1. The topological polar surface area (TPSA) is 133 Å². The van der Waals surface area contributed by atoms with Gasteiger partial charge in [-0.1, -0.05) is 16.6 Å². The Morgan fingerprint density at radius 2 is 2.24 bits per heavy atom. The van der Waals surface area contributed by atoms with E-state index in [1.165, 1.54) is 6.92 Å². The van der Waals surface area contributed by atoms with Crippen LogP contribution in [0.5, 0.6) is 0 Å². The molecule has 0 aliphatic carbocycles. The molecule has 0 aromatic carbocycles. The van der Waals surface area contributed by atoms with Crippen LogP contribution in [0, 0.1) is 6.92 Å². The van der Waals surface area contributed by atoms with Crippen molar-refractivity contribution in [2.75, 3.05) is 0 Å². The Morgan fingerprint density at radius 3 is 2.76 bits per heavy atom. The van der Waals surface area contributed by atoms with Crippen molar-refractivity contribution in [3.05, 3.63) is 21.2 Å². The number of nitrogens with one attached hydrogen (secondary N) is 3. The monoisotopic (exact) mass is 276 g/mol. The molecule has 11 heteroatoms. The van der Waals surface area contributed by atoms with Gasteiger partial charge in [-0.25, -0.2) is 13.1 Å². The first kappa shape index (κ1) is 11.9. The lowest BCUT2D eigenvalue weighted by Gasteiger charge is -2.01. The van der Waals surface area contributed by atoms with Crippen LogP contribution in [0.4, 0.5) is 0 Å². The standard InChI is InChI=1S/C6H8N6O3S2/c1-3-5(16-6(13)8-3)17(14,15)7-2-4-9-11-12-10-4/h7H,2H2,1H3,(H,8,13)(H,9,10,11,12). The van der Waals surface area contributed by atoms with E-state index in [1.54, 1.807) is 0 Å². The molecule has 2 aromatic heterocycles. The van der Waals surface area contributed by atoms with Crippen LogP contribution in [0.2, 0.25) is 0 Å². The van der Waals surface area contributed by atoms with Gasteiger partial charge in [-0.15, -0.1) is 10.2 Å². The Hall–Kier alpha value is -1.59. The fourth-order valence-electron chi connectivity index (χ4n) is 1.13. The van der Waals surface area contributed by atoms with Crippen molar-refractivity contribution in [1.82, 2.24) is 30.3 Å². The number of H-pyrrole nitrogens is 2. The predicted molar refractivity (Wildman–Crippen MR) is 57.9 cm³/mol. The zero-order chi connectivity index (χ0) is 12.5. The van der Waals surface area contributed by atoms with E-state index in [0.29, 0.717) is 17.0 Å². The molecule has 0 unspecified atom stereocenters. The van der Waals surface area contributed by atoms with Crippen LogP contribution in [0.1, 0.15) is 11.5 Å². The average Bonchev–Trinajstić information content (AvgIpc) is 2.85. The van der Waals surface area contributed by atoms with Crippen LogP contribution in [0.25, 0.3) is 0 Å². The predicted octanol–water partition coefficient (Wildman–Crippen LogP) is -1.26. The molecule has 3 N–H and O–H groups in total. The molecule has 17 heavy (non-hydrogen) atoms. The van der Waals surface area contributed by atoms with Gasteiger partial charge in [0.1, 0.15) is 0 Å². The molecule has 0 amide bonds. The molecular formula is C6H8N6O3S2. The molecule has 0 radical (unpaired) electrons. The maximum atomic E-state index is 11.8. The van der Waals surface area contributed by atoms with Gasteiger partial charge in [0.05, 0.1) is 6.54 Å². The van der Waals surface area contributed by atoms with Crippen molar-refractivity contribution >= 4 is 21.4 Å². The van der Waals surface area contributed by atoms with E-state index in [1.807, 2.05) is 0 Å². The van der Waals surface area contributed by atoms with Crippen molar-refractivity contribution in [3.8, 4) is 0 Å². The molecule has 0 saturated heterocycles. The van der Waals surface area contributed by atoms with E-state index < -0.39 is 14.9 Å². The van der Waals surface area contributed by atoms with Crippen molar-refractivity contribution in [1.29, 1.82) is 0 Å². The minimum absolute atomic E-state index is 0.0361. The van der Waals surface area contributed by atoms with E-state index in [0.717, 1.165) is 0 Å². The summed E-state index contributed by atoms with van der Waals surface area (Å²) < 4.78 is 25.9. The second-order valence-corrected chi connectivity index (χ2v) is 6.02. The third-order valence-electron chi connectivity index (χ3n) is 1.83. The van der Waals surface area contributed by atoms with E-state index in [9.17, 15) is 13.2 Å². The minimum atomic E-state index is -3.73. The fourth-order valence-corrected chi connectivity index (χ4v) is 3.45. The van der Waals surface area contributed by atoms with E-state index in [2.05, 4.69) is 30.3 Å². The number of nitrogens with zero attached hydrogens (tertiary/aromatic N) is 3. The number of aromatic nitrogens is 5. The molecule has 0 saturated carbocycles. The highest BCUT2D eigenvalue weighted by atomic mass is 32.2. The fraction of sp³-hybridized carbons (Fsp3) is 0.333. The molecule has 2 rings (SSSR count). The SMILES string of the molecule is Cc1[nH]c(=O)sc1S(=O)(=O)NCc1nn[nH]n1. The van der Waals surface area contributed by atoms with Gasteiger partial charge in [-0.2, -0.15) is 5.21 Å². The van der Waals surface area contributed by atoms with Crippen molar-refractivity contribution < 1.29 is 8.42 Å². The summed E-state index contributed by atoms with van der Waals surface area (Å²) in [5.41, 5.74) is 0.306. The van der Waals surface area contributed by atoms with E-state index in [-0.39, 0.29) is 16.6 Å². The van der Waals surface area contributed by atoms with Crippen LogP contribution >= 0.6 is 11.3 Å². The third-order valence-corrected chi connectivity index (χ3v) is 4.84. The normalized spacial score (nSPS) is 11.8. The third kappa shape index (κ3) is 2.57. The van der Waals surface area contributed by atoms with Crippen LogP contribution < -0.4 is 9.60 Å². The molecule has 2 aromatic rings. The summed E-state index contributed by atoms with van der Waals surface area (Å²) >= 11 is 0.633. The molecular weight excluding hydrogens is 268 g/mol. The number of aromatic amines is 2. The lowest BCUT2D eigenvalue weighted by Crippen LogP contribution is -2.23. The number of tetrazole rings is 1. The summed E-state index contributed by atoms with van der Waals surface area (Å²) in [6, 6.07) is 0. The Morgan fingerprint density at radius 1 is 1.47 bits per heavy atom. The van der Waals surface area contributed by atoms with Crippen LogP contribution in [-0.2, 0) is 16.6 Å². The van der Waals surface area contributed by atoms with Crippen molar-refractivity contribution in [2.45, 2.75) is 17.7 Å². The largest absolute Gasteiger partial charge is 0.315 e. The highest BCUT2D eigenvalue weighted by Crippen LogP contribution is 2.15. The number of rotatable bonds is 4. The Kier molecular flexibility index (Phi) is 3.04. The van der Waals surface area contributed by atoms with Gasteiger partial charge >= 0.3 is 4.87 Å². The van der Waals surface area contributed by atoms with Gasteiger partial charge in [0.25, 0.3) is 10.0 Å². The smallest absolute Gasteiger partial charge is 0.305 e. The maximum Gasteiger partial charge on any atom is 0.305 e. The summed E-state index contributed by atoms with van der Waals surface area (Å²) in [6.07, 6.45) is 0. The molecule has 0 atom stereocenters. The summed E-state index contributed by atoms with van der Waals surface area (Å²) in [7, 11) is -3.73. The van der Waals surface area contributed by atoms with Crippen LogP contribution in [0.3, 0.4) is 0 Å². The molecule has 9 nitrogen and oxygen atoms in total. The molecule has 0 aliphatic heterocycles. The van der Waals surface area contributed by atoms with E-state index >= 15 is 0 Å².